The summed E-state index contributed by atoms with van der Waals surface area (Å²) in [5.41, 5.74) is -0.364. The van der Waals surface area contributed by atoms with Gasteiger partial charge < -0.3 is 4.74 Å². The summed E-state index contributed by atoms with van der Waals surface area (Å²) in [7, 11) is 1.17. The van der Waals surface area contributed by atoms with Crippen LogP contribution in [0.25, 0.3) is 0 Å². The van der Waals surface area contributed by atoms with Crippen LogP contribution in [-0.4, -0.2) is 18.1 Å². The van der Waals surface area contributed by atoms with Crippen molar-refractivity contribution in [3.63, 3.8) is 0 Å². The third-order valence-corrected chi connectivity index (χ3v) is 2.88. The number of alkyl halides is 3. The molecule has 0 unspecified atom stereocenters. The fourth-order valence-electron chi connectivity index (χ4n) is 1.11. The van der Waals surface area contributed by atoms with E-state index in [-0.39, 0.29) is 21.5 Å². The first-order valence-electron chi connectivity index (χ1n) is 4.12. The lowest BCUT2D eigenvalue weighted by Gasteiger charge is -2.10. The molecule has 16 heavy (non-hydrogen) atoms. The van der Waals surface area contributed by atoms with Crippen LogP contribution in [0.4, 0.5) is 8.78 Å². The van der Waals surface area contributed by atoms with Gasteiger partial charge in [0.1, 0.15) is 5.69 Å². The van der Waals surface area contributed by atoms with E-state index >= 15 is 0 Å². The lowest BCUT2D eigenvalue weighted by molar-refractivity contribution is 0.0599. The summed E-state index contributed by atoms with van der Waals surface area (Å²) < 4.78 is 29.6. The molecular formula is C9H7BrClF2NO2. The minimum atomic E-state index is -2.74. The van der Waals surface area contributed by atoms with E-state index in [1.165, 1.54) is 7.11 Å². The van der Waals surface area contributed by atoms with Gasteiger partial charge >= 0.3 is 5.97 Å². The first kappa shape index (κ1) is 13.3. The largest absolute Gasteiger partial charge is 0.465 e. The summed E-state index contributed by atoms with van der Waals surface area (Å²) in [5.74, 6) is -0.708. The van der Waals surface area contributed by atoms with E-state index in [4.69, 9.17) is 11.6 Å². The molecule has 7 heteroatoms. The highest BCUT2D eigenvalue weighted by Gasteiger charge is 2.22. The molecule has 0 saturated heterocycles. The Hall–Kier alpha value is -0.750. The minimum absolute atomic E-state index is 0.0250. The molecule has 0 radical (unpaired) electrons. The van der Waals surface area contributed by atoms with E-state index in [1.54, 1.807) is 0 Å². The van der Waals surface area contributed by atoms with Gasteiger partial charge in [0.15, 0.2) is 0 Å². The van der Waals surface area contributed by atoms with Crippen molar-refractivity contribution in [2.24, 2.45) is 0 Å². The Bertz CT molecular complexity index is 415. The summed E-state index contributed by atoms with van der Waals surface area (Å²) in [5, 5.41) is 0.0256. The van der Waals surface area contributed by atoms with Crippen molar-refractivity contribution in [1.29, 1.82) is 0 Å². The standard InChI is InChI=1S/C9H7BrClF2NO2/c1-16-9(15)5-3-14-7(8(12)13)4(2-10)6(5)11/h3,8H,2H2,1H3. The fraction of sp³-hybridized carbons (Fsp3) is 0.333. The second kappa shape index (κ2) is 5.54. The number of hydrogen-bond acceptors (Lipinski definition) is 3. The molecule has 0 aliphatic carbocycles. The predicted octanol–water partition coefficient (Wildman–Crippen LogP) is 3.35. The van der Waals surface area contributed by atoms with Crippen LogP contribution in [-0.2, 0) is 10.1 Å². The maximum absolute atomic E-state index is 12.6. The van der Waals surface area contributed by atoms with Gasteiger partial charge in [0.2, 0.25) is 0 Å². The fourth-order valence-corrected chi connectivity index (χ4v) is 2.13. The second-order valence-electron chi connectivity index (χ2n) is 2.78. The Kier molecular flexibility index (Phi) is 4.61. The zero-order chi connectivity index (χ0) is 12.3. The molecule has 3 nitrogen and oxygen atoms in total. The maximum Gasteiger partial charge on any atom is 0.340 e. The molecule has 0 N–H and O–H groups in total. The molecule has 0 fully saturated rings. The zero-order valence-electron chi connectivity index (χ0n) is 8.14. The highest BCUT2D eigenvalue weighted by molar-refractivity contribution is 9.08. The number of halogens is 4. The Morgan fingerprint density at radius 1 is 1.69 bits per heavy atom. The number of aromatic nitrogens is 1. The maximum atomic E-state index is 12.6. The number of nitrogens with zero attached hydrogens (tertiary/aromatic N) is 1. The summed E-state index contributed by atoms with van der Waals surface area (Å²) in [6.07, 6.45) is -1.75. The van der Waals surface area contributed by atoms with Crippen LogP contribution in [0.3, 0.4) is 0 Å². The first-order valence-corrected chi connectivity index (χ1v) is 5.62. The highest BCUT2D eigenvalue weighted by atomic mass is 79.9. The average Bonchev–Trinajstić information content (AvgIpc) is 2.27. The van der Waals surface area contributed by atoms with Gasteiger partial charge in [-0.25, -0.2) is 13.6 Å². The average molecular weight is 315 g/mol. The Balaban J connectivity index is 3.34. The molecule has 0 aromatic carbocycles. The Labute approximate surface area is 104 Å². The molecule has 0 spiro atoms. The van der Waals surface area contributed by atoms with Crippen molar-refractivity contribution < 1.29 is 18.3 Å². The molecule has 0 aliphatic rings. The van der Waals surface area contributed by atoms with Gasteiger partial charge in [0, 0.05) is 17.1 Å². The van der Waals surface area contributed by atoms with Gasteiger partial charge in [-0.1, -0.05) is 27.5 Å². The molecule has 0 aliphatic heterocycles. The lowest BCUT2D eigenvalue weighted by Crippen LogP contribution is -2.07. The number of hydrogen-bond donors (Lipinski definition) is 0. The van der Waals surface area contributed by atoms with Crippen LogP contribution in [0.1, 0.15) is 28.0 Å². The van der Waals surface area contributed by atoms with Crippen molar-refractivity contribution >= 4 is 33.5 Å². The molecule has 0 atom stereocenters. The summed E-state index contributed by atoms with van der Waals surface area (Å²) in [4.78, 5) is 14.7. The third-order valence-electron chi connectivity index (χ3n) is 1.89. The number of rotatable bonds is 3. The van der Waals surface area contributed by atoms with E-state index in [2.05, 4.69) is 25.7 Å². The van der Waals surface area contributed by atoms with Crippen LogP contribution in [0.2, 0.25) is 5.02 Å². The van der Waals surface area contributed by atoms with Gasteiger partial charge in [-0.05, 0) is 0 Å². The van der Waals surface area contributed by atoms with Crippen LogP contribution in [0, 0.1) is 0 Å². The summed E-state index contributed by atoms with van der Waals surface area (Å²) in [6.45, 7) is 0. The monoisotopic (exact) mass is 313 g/mol. The van der Waals surface area contributed by atoms with Crippen molar-refractivity contribution in [3.05, 3.63) is 28.0 Å². The minimum Gasteiger partial charge on any atom is -0.465 e. The van der Waals surface area contributed by atoms with Crippen molar-refractivity contribution in [2.45, 2.75) is 11.8 Å². The number of carbonyl (C=O) groups is 1. The Morgan fingerprint density at radius 3 is 2.75 bits per heavy atom. The van der Waals surface area contributed by atoms with Crippen LogP contribution < -0.4 is 0 Å². The van der Waals surface area contributed by atoms with Crippen LogP contribution in [0.15, 0.2) is 6.20 Å². The lowest BCUT2D eigenvalue weighted by atomic mass is 10.1. The molecule has 1 aromatic rings. The Morgan fingerprint density at radius 2 is 2.31 bits per heavy atom. The number of pyridine rings is 1. The van der Waals surface area contributed by atoms with Crippen LogP contribution >= 0.6 is 27.5 Å². The van der Waals surface area contributed by atoms with Crippen LogP contribution in [0.5, 0.6) is 0 Å². The molecule has 0 amide bonds. The molecule has 0 bridgehead atoms. The molecular weight excluding hydrogens is 307 g/mol. The summed E-state index contributed by atoms with van der Waals surface area (Å²) >= 11 is 8.85. The predicted molar refractivity (Wildman–Crippen MR) is 58.2 cm³/mol. The van der Waals surface area contributed by atoms with Gasteiger partial charge in [0.05, 0.1) is 17.7 Å². The first-order chi connectivity index (χ1) is 7.52. The smallest absolute Gasteiger partial charge is 0.340 e. The topological polar surface area (TPSA) is 39.2 Å². The number of methoxy groups -OCH3 is 1. The van der Waals surface area contributed by atoms with Gasteiger partial charge in [-0.2, -0.15) is 0 Å². The van der Waals surface area contributed by atoms with Crippen molar-refractivity contribution in [1.82, 2.24) is 4.98 Å². The molecule has 88 valence electrons. The van der Waals surface area contributed by atoms with Gasteiger partial charge in [-0.3, -0.25) is 4.98 Å². The van der Waals surface area contributed by atoms with E-state index in [0.29, 0.717) is 0 Å². The third kappa shape index (κ3) is 2.49. The molecule has 1 rings (SSSR count). The van der Waals surface area contributed by atoms with E-state index in [1.807, 2.05) is 0 Å². The number of esters is 1. The van der Waals surface area contributed by atoms with Gasteiger partial charge in [-0.15, -0.1) is 0 Å². The molecule has 1 aromatic heterocycles. The van der Waals surface area contributed by atoms with E-state index in [0.717, 1.165) is 6.20 Å². The normalized spacial score (nSPS) is 10.6. The van der Waals surface area contributed by atoms with Crippen molar-refractivity contribution in [2.75, 3.05) is 7.11 Å². The summed E-state index contributed by atoms with van der Waals surface area (Å²) in [6, 6.07) is 0. The number of carbonyl (C=O) groups excluding carboxylic acids is 1. The van der Waals surface area contributed by atoms with Crippen molar-refractivity contribution in [3.8, 4) is 0 Å². The quantitative estimate of drug-likeness (QED) is 0.634. The van der Waals surface area contributed by atoms with E-state index < -0.39 is 18.1 Å². The number of ether oxygens (including phenoxy) is 1. The van der Waals surface area contributed by atoms with E-state index in [9.17, 15) is 13.6 Å². The SMILES string of the molecule is COC(=O)c1cnc(C(F)F)c(CBr)c1Cl. The zero-order valence-corrected chi connectivity index (χ0v) is 10.5. The highest BCUT2D eigenvalue weighted by Crippen LogP contribution is 2.30. The molecule has 1 heterocycles. The van der Waals surface area contributed by atoms with Gasteiger partial charge in [0.25, 0.3) is 6.43 Å². The second-order valence-corrected chi connectivity index (χ2v) is 3.71. The molecule has 0 saturated carbocycles.